The number of carbonyl (C=O) groups excluding carboxylic acids is 1. The number of rotatable bonds is 4. The van der Waals surface area contributed by atoms with Crippen molar-refractivity contribution in [1.82, 2.24) is 0 Å². The van der Waals surface area contributed by atoms with Gasteiger partial charge in [0.05, 0.1) is 6.42 Å². The quantitative estimate of drug-likeness (QED) is 0.901. The zero-order valence-corrected chi connectivity index (χ0v) is 12.9. The summed E-state index contributed by atoms with van der Waals surface area (Å²) in [5.41, 5.74) is 9.58. The number of nitrogens with two attached hydrogens (primary N) is 1. The van der Waals surface area contributed by atoms with Gasteiger partial charge in [-0.1, -0.05) is 46.3 Å². The summed E-state index contributed by atoms with van der Waals surface area (Å²) >= 11 is 3.46. The second kappa shape index (κ2) is 6.68. The van der Waals surface area contributed by atoms with E-state index in [9.17, 15) is 4.79 Å². The molecule has 4 heteroatoms. The molecule has 0 spiro atoms. The maximum Gasteiger partial charge on any atom is 0.228 e. The first-order valence-electron chi connectivity index (χ1n) is 6.43. The Morgan fingerprint density at radius 3 is 2.55 bits per heavy atom. The van der Waals surface area contributed by atoms with Crippen LogP contribution in [0.1, 0.15) is 16.7 Å². The Bertz CT molecular complexity index is 626. The van der Waals surface area contributed by atoms with Gasteiger partial charge in [0.25, 0.3) is 0 Å². The number of nitrogens with one attached hydrogen (secondary N) is 1. The molecule has 1 amide bonds. The number of anilines is 1. The molecule has 0 atom stereocenters. The topological polar surface area (TPSA) is 55.1 Å². The van der Waals surface area contributed by atoms with Gasteiger partial charge in [-0.3, -0.25) is 4.79 Å². The largest absolute Gasteiger partial charge is 0.326 e. The number of halogens is 1. The van der Waals surface area contributed by atoms with Gasteiger partial charge in [-0.25, -0.2) is 0 Å². The minimum absolute atomic E-state index is 0.0401. The lowest BCUT2D eigenvalue weighted by atomic mass is 10.0. The Morgan fingerprint density at radius 2 is 1.90 bits per heavy atom. The fourth-order valence-corrected chi connectivity index (χ4v) is 2.36. The Morgan fingerprint density at radius 1 is 1.20 bits per heavy atom. The maximum absolute atomic E-state index is 12.1. The first kappa shape index (κ1) is 14.8. The molecule has 20 heavy (non-hydrogen) atoms. The Balaban J connectivity index is 2.07. The molecule has 2 aromatic carbocycles. The van der Waals surface area contributed by atoms with Crippen LogP contribution < -0.4 is 11.1 Å². The van der Waals surface area contributed by atoms with Gasteiger partial charge in [-0.2, -0.15) is 0 Å². The summed E-state index contributed by atoms with van der Waals surface area (Å²) in [6, 6.07) is 13.5. The third-order valence-corrected chi connectivity index (χ3v) is 4.00. The number of aryl methyl sites for hydroxylation is 1. The monoisotopic (exact) mass is 332 g/mol. The first-order chi connectivity index (χ1) is 9.60. The summed E-state index contributed by atoms with van der Waals surface area (Å²) in [6.45, 7) is 2.45. The summed E-state index contributed by atoms with van der Waals surface area (Å²) in [6.07, 6.45) is 0.332. The number of hydrogen-bond donors (Lipinski definition) is 2. The van der Waals surface area contributed by atoms with Gasteiger partial charge < -0.3 is 11.1 Å². The average Bonchev–Trinajstić information content (AvgIpc) is 2.43. The highest BCUT2D eigenvalue weighted by Gasteiger charge is 2.08. The Labute approximate surface area is 127 Å². The molecule has 2 rings (SSSR count). The van der Waals surface area contributed by atoms with Crippen molar-refractivity contribution >= 4 is 27.5 Å². The molecule has 0 aliphatic carbocycles. The SMILES string of the molecule is Cc1ccc(NC(=O)Cc2ccccc2CN)cc1Br. The second-order valence-electron chi connectivity index (χ2n) is 4.66. The predicted molar refractivity (Wildman–Crippen MR) is 85.5 cm³/mol. The van der Waals surface area contributed by atoms with E-state index in [4.69, 9.17) is 5.73 Å². The molecule has 0 aromatic heterocycles. The van der Waals surface area contributed by atoms with Crippen LogP contribution in [0.15, 0.2) is 46.9 Å². The molecule has 0 bridgehead atoms. The smallest absolute Gasteiger partial charge is 0.228 e. The second-order valence-corrected chi connectivity index (χ2v) is 5.52. The fourth-order valence-electron chi connectivity index (χ4n) is 1.98. The van der Waals surface area contributed by atoms with Gasteiger partial charge in [-0.15, -0.1) is 0 Å². The third kappa shape index (κ3) is 3.68. The van der Waals surface area contributed by atoms with Crippen molar-refractivity contribution in [2.45, 2.75) is 19.9 Å². The highest BCUT2D eigenvalue weighted by Crippen LogP contribution is 2.21. The molecule has 0 unspecified atom stereocenters. The van der Waals surface area contributed by atoms with Crippen molar-refractivity contribution in [3.63, 3.8) is 0 Å². The number of hydrogen-bond acceptors (Lipinski definition) is 2. The zero-order chi connectivity index (χ0) is 14.5. The lowest BCUT2D eigenvalue weighted by Gasteiger charge is -2.09. The summed E-state index contributed by atoms with van der Waals surface area (Å²) in [5.74, 6) is -0.0401. The van der Waals surface area contributed by atoms with E-state index in [0.29, 0.717) is 13.0 Å². The molecule has 0 aliphatic rings. The number of carbonyl (C=O) groups is 1. The number of benzene rings is 2. The van der Waals surface area contributed by atoms with E-state index in [2.05, 4.69) is 21.2 Å². The number of amides is 1. The Kier molecular flexibility index (Phi) is 4.93. The highest BCUT2D eigenvalue weighted by atomic mass is 79.9. The maximum atomic E-state index is 12.1. The summed E-state index contributed by atoms with van der Waals surface area (Å²) < 4.78 is 0.984. The fraction of sp³-hybridized carbons (Fsp3) is 0.188. The van der Waals surface area contributed by atoms with Crippen LogP contribution in [-0.2, 0) is 17.8 Å². The molecule has 0 saturated carbocycles. The molecule has 2 aromatic rings. The van der Waals surface area contributed by atoms with Crippen molar-refractivity contribution in [3.05, 3.63) is 63.6 Å². The van der Waals surface area contributed by atoms with Crippen LogP contribution in [0.3, 0.4) is 0 Å². The zero-order valence-electron chi connectivity index (χ0n) is 11.3. The summed E-state index contributed by atoms with van der Waals surface area (Å²) in [5, 5.41) is 2.90. The van der Waals surface area contributed by atoms with Gasteiger partial charge in [-0.05, 0) is 35.7 Å². The van der Waals surface area contributed by atoms with Crippen LogP contribution in [0, 0.1) is 6.92 Å². The molecule has 0 heterocycles. The normalized spacial score (nSPS) is 10.3. The molecule has 104 valence electrons. The average molecular weight is 333 g/mol. The van der Waals surface area contributed by atoms with Crippen molar-refractivity contribution in [2.75, 3.05) is 5.32 Å². The lowest BCUT2D eigenvalue weighted by molar-refractivity contribution is -0.115. The van der Waals surface area contributed by atoms with Crippen LogP contribution in [0.25, 0.3) is 0 Å². The summed E-state index contributed by atoms with van der Waals surface area (Å²) in [4.78, 5) is 12.1. The van der Waals surface area contributed by atoms with Crippen molar-refractivity contribution in [3.8, 4) is 0 Å². The summed E-state index contributed by atoms with van der Waals surface area (Å²) in [7, 11) is 0. The van der Waals surface area contributed by atoms with E-state index < -0.39 is 0 Å². The lowest BCUT2D eigenvalue weighted by Crippen LogP contribution is -2.16. The van der Waals surface area contributed by atoms with Gasteiger partial charge >= 0.3 is 0 Å². The van der Waals surface area contributed by atoms with Crippen LogP contribution in [0.5, 0.6) is 0 Å². The van der Waals surface area contributed by atoms with Gasteiger partial charge in [0.15, 0.2) is 0 Å². The van der Waals surface area contributed by atoms with Crippen LogP contribution in [0.2, 0.25) is 0 Å². The van der Waals surface area contributed by atoms with E-state index in [1.54, 1.807) is 0 Å². The molecule has 0 radical (unpaired) electrons. The molecular weight excluding hydrogens is 316 g/mol. The van der Waals surface area contributed by atoms with Crippen LogP contribution >= 0.6 is 15.9 Å². The minimum atomic E-state index is -0.0401. The Hall–Kier alpha value is -1.65. The van der Waals surface area contributed by atoms with Crippen molar-refractivity contribution < 1.29 is 4.79 Å². The highest BCUT2D eigenvalue weighted by molar-refractivity contribution is 9.10. The first-order valence-corrected chi connectivity index (χ1v) is 7.22. The van der Waals surface area contributed by atoms with Crippen LogP contribution in [-0.4, -0.2) is 5.91 Å². The van der Waals surface area contributed by atoms with E-state index in [1.165, 1.54) is 0 Å². The molecular formula is C16H17BrN2O. The standard InChI is InChI=1S/C16H17BrN2O/c1-11-6-7-14(9-15(11)17)19-16(20)8-12-4-2-3-5-13(12)10-18/h2-7,9H,8,10,18H2,1H3,(H,19,20). The van der Waals surface area contributed by atoms with Crippen LogP contribution in [0.4, 0.5) is 5.69 Å². The molecule has 0 fully saturated rings. The van der Waals surface area contributed by atoms with Crippen molar-refractivity contribution in [1.29, 1.82) is 0 Å². The van der Waals surface area contributed by atoms with E-state index in [0.717, 1.165) is 26.9 Å². The van der Waals surface area contributed by atoms with Crippen molar-refractivity contribution in [2.24, 2.45) is 5.73 Å². The van der Waals surface area contributed by atoms with Gasteiger partial charge in [0.1, 0.15) is 0 Å². The minimum Gasteiger partial charge on any atom is -0.326 e. The molecule has 3 N–H and O–H groups in total. The van der Waals surface area contributed by atoms with E-state index >= 15 is 0 Å². The van der Waals surface area contributed by atoms with E-state index in [-0.39, 0.29) is 5.91 Å². The molecule has 3 nitrogen and oxygen atoms in total. The van der Waals surface area contributed by atoms with Gasteiger partial charge in [0, 0.05) is 16.7 Å². The van der Waals surface area contributed by atoms with Gasteiger partial charge in [0.2, 0.25) is 5.91 Å². The van der Waals surface area contributed by atoms with E-state index in [1.807, 2.05) is 49.4 Å². The molecule has 0 saturated heterocycles. The third-order valence-electron chi connectivity index (χ3n) is 3.14. The predicted octanol–water partition coefficient (Wildman–Crippen LogP) is 3.40. The molecule has 0 aliphatic heterocycles.